The van der Waals surface area contributed by atoms with Gasteiger partial charge in [-0.1, -0.05) is 19.1 Å². The van der Waals surface area contributed by atoms with Crippen LogP contribution in [0.2, 0.25) is 0 Å². The third-order valence-corrected chi connectivity index (χ3v) is 8.16. The minimum atomic E-state index is -3.89. The fourth-order valence-corrected chi connectivity index (χ4v) is 6.00. The van der Waals surface area contributed by atoms with Crippen LogP contribution in [0.15, 0.2) is 62.2 Å². The van der Waals surface area contributed by atoms with E-state index < -0.39 is 14.9 Å². The SMILES string of the molecule is CCCn1c(Sc2ccc(S(=O)(=O)N3CCOCC3)cc2[N+](=O)[O-])nc2ccccc2c1=O. The summed E-state index contributed by atoms with van der Waals surface area (Å²) in [7, 11) is -3.89. The average molecular weight is 491 g/mol. The minimum absolute atomic E-state index is 0.155. The first-order valence-electron chi connectivity index (χ1n) is 10.4. The Hall–Kier alpha value is -2.80. The molecule has 1 fully saturated rings. The number of nitro groups is 1. The average Bonchev–Trinajstić information content (AvgIpc) is 2.82. The van der Waals surface area contributed by atoms with Crippen molar-refractivity contribution in [1.29, 1.82) is 0 Å². The van der Waals surface area contributed by atoms with E-state index in [4.69, 9.17) is 4.74 Å². The van der Waals surface area contributed by atoms with E-state index in [0.29, 0.717) is 29.0 Å². The molecule has 1 aliphatic heterocycles. The molecule has 3 aromatic rings. The smallest absolute Gasteiger partial charge is 0.284 e. The normalized spacial score (nSPS) is 15.1. The largest absolute Gasteiger partial charge is 0.379 e. The van der Waals surface area contributed by atoms with Crippen LogP contribution in [0, 0.1) is 10.1 Å². The summed E-state index contributed by atoms with van der Waals surface area (Å²) in [5, 5.41) is 12.6. The summed E-state index contributed by atoms with van der Waals surface area (Å²) < 4.78 is 33.8. The van der Waals surface area contributed by atoms with E-state index in [1.165, 1.54) is 21.0 Å². The lowest BCUT2D eigenvalue weighted by Crippen LogP contribution is -2.40. The second-order valence-electron chi connectivity index (χ2n) is 7.37. The van der Waals surface area contributed by atoms with Gasteiger partial charge in [-0.25, -0.2) is 13.4 Å². The van der Waals surface area contributed by atoms with Gasteiger partial charge in [-0.2, -0.15) is 4.31 Å². The number of rotatable bonds is 7. The van der Waals surface area contributed by atoms with Crippen LogP contribution in [0.1, 0.15) is 13.3 Å². The molecule has 0 N–H and O–H groups in total. The zero-order chi connectivity index (χ0) is 23.6. The van der Waals surface area contributed by atoms with Gasteiger partial charge in [0.2, 0.25) is 10.0 Å². The third kappa shape index (κ3) is 4.64. The summed E-state index contributed by atoms with van der Waals surface area (Å²) in [4.78, 5) is 28.8. The van der Waals surface area contributed by atoms with Crippen LogP contribution in [0.5, 0.6) is 0 Å². The summed E-state index contributed by atoms with van der Waals surface area (Å²) in [6.07, 6.45) is 0.673. The fraction of sp³-hybridized carbons (Fsp3) is 0.333. The molecule has 0 unspecified atom stereocenters. The van der Waals surface area contributed by atoms with Crippen molar-refractivity contribution in [3.05, 3.63) is 62.9 Å². The quantitative estimate of drug-likeness (QED) is 0.281. The Balaban J connectivity index is 1.77. The molecule has 33 heavy (non-hydrogen) atoms. The maximum atomic E-state index is 13.0. The van der Waals surface area contributed by atoms with Gasteiger partial charge in [0.1, 0.15) is 0 Å². The van der Waals surface area contributed by atoms with Gasteiger partial charge in [0, 0.05) is 25.7 Å². The summed E-state index contributed by atoms with van der Waals surface area (Å²) in [6.45, 7) is 3.25. The monoisotopic (exact) mass is 490 g/mol. The molecular formula is C21H22N4O6S2. The van der Waals surface area contributed by atoms with Gasteiger partial charge < -0.3 is 4.74 Å². The van der Waals surface area contributed by atoms with Crippen LogP contribution in [-0.4, -0.2) is 53.5 Å². The van der Waals surface area contributed by atoms with E-state index in [1.54, 1.807) is 24.3 Å². The van der Waals surface area contributed by atoms with E-state index in [2.05, 4.69) is 4.98 Å². The molecule has 174 valence electrons. The van der Waals surface area contributed by atoms with Crippen molar-refractivity contribution in [3.63, 3.8) is 0 Å². The Kier molecular flexibility index (Phi) is 6.79. The number of ether oxygens (including phenoxy) is 1. The second-order valence-corrected chi connectivity index (χ2v) is 10.3. The van der Waals surface area contributed by atoms with Crippen molar-refractivity contribution in [1.82, 2.24) is 13.9 Å². The molecule has 4 rings (SSSR count). The number of nitro benzene ring substituents is 1. The summed E-state index contributed by atoms with van der Waals surface area (Å²) >= 11 is 0.975. The Bertz CT molecular complexity index is 1370. The van der Waals surface area contributed by atoms with Crippen LogP contribution >= 0.6 is 11.8 Å². The topological polar surface area (TPSA) is 125 Å². The zero-order valence-electron chi connectivity index (χ0n) is 17.8. The highest BCUT2D eigenvalue weighted by Crippen LogP contribution is 2.36. The number of nitrogens with zero attached hydrogens (tertiary/aromatic N) is 4. The molecule has 0 amide bonds. The first-order chi connectivity index (χ1) is 15.8. The first kappa shape index (κ1) is 23.4. The molecule has 1 saturated heterocycles. The second kappa shape index (κ2) is 9.59. The van der Waals surface area contributed by atoms with Gasteiger partial charge in [-0.3, -0.25) is 19.5 Å². The maximum absolute atomic E-state index is 13.0. The number of aromatic nitrogens is 2. The molecule has 10 nitrogen and oxygen atoms in total. The van der Waals surface area contributed by atoms with E-state index in [0.717, 1.165) is 17.8 Å². The molecular weight excluding hydrogens is 468 g/mol. The van der Waals surface area contributed by atoms with E-state index >= 15 is 0 Å². The van der Waals surface area contributed by atoms with Crippen molar-refractivity contribution >= 4 is 38.4 Å². The van der Waals surface area contributed by atoms with Crippen molar-refractivity contribution < 1.29 is 18.1 Å². The molecule has 2 aromatic carbocycles. The van der Waals surface area contributed by atoms with Crippen LogP contribution in [0.4, 0.5) is 5.69 Å². The number of hydrogen-bond acceptors (Lipinski definition) is 8. The lowest BCUT2D eigenvalue weighted by Gasteiger charge is -2.26. The number of para-hydroxylation sites is 1. The lowest BCUT2D eigenvalue weighted by atomic mass is 10.2. The van der Waals surface area contributed by atoms with E-state index in [-0.39, 0.29) is 47.3 Å². The zero-order valence-corrected chi connectivity index (χ0v) is 19.5. The van der Waals surface area contributed by atoms with E-state index in [9.17, 15) is 23.3 Å². The molecule has 0 aliphatic carbocycles. The maximum Gasteiger partial charge on any atom is 0.284 e. The molecule has 0 atom stereocenters. The Morgan fingerprint density at radius 1 is 1.18 bits per heavy atom. The standard InChI is InChI=1S/C21H22N4O6S2/c1-2-9-24-20(26)16-5-3-4-6-17(16)22-21(24)32-19-8-7-15(14-18(19)25(27)28)33(29,30)23-10-12-31-13-11-23/h3-8,14H,2,9-13H2,1H3. The van der Waals surface area contributed by atoms with Crippen LogP contribution < -0.4 is 5.56 Å². The molecule has 0 saturated carbocycles. The number of hydrogen-bond donors (Lipinski definition) is 0. The third-order valence-electron chi connectivity index (χ3n) is 5.21. The number of sulfonamides is 1. The van der Waals surface area contributed by atoms with Gasteiger partial charge >= 0.3 is 0 Å². The predicted octanol–water partition coefficient (Wildman–Crippen LogP) is 2.89. The molecule has 0 radical (unpaired) electrons. The molecule has 2 heterocycles. The van der Waals surface area contributed by atoms with Crippen molar-refractivity contribution in [3.8, 4) is 0 Å². The van der Waals surface area contributed by atoms with Crippen molar-refractivity contribution in [2.45, 2.75) is 34.8 Å². The van der Waals surface area contributed by atoms with Gasteiger partial charge in [-0.15, -0.1) is 0 Å². The number of benzene rings is 2. The Labute approximate surface area is 194 Å². The molecule has 1 aromatic heterocycles. The van der Waals surface area contributed by atoms with Gasteiger partial charge in [-0.05, 0) is 42.4 Å². The highest BCUT2D eigenvalue weighted by Gasteiger charge is 2.29. The Morgan fingerprint density at radius 2 is 1.91 bits per heavy atom. The van der Waals surface area contributed by atoms with Crippen molar-refractivity contribution in [2.24, 2.45) is 0 Å². The lowest BCUT2D eigenvalue weighted by molar-refractivity contribution is -0.388. The summed E-state index contributed by atoms with van der Waals surface area (Å²) in [5.74, 6) is 0. The van der Waals surface area contributed by atoms with Gasteiger partial charge in [0.25, 0.3) is 11.2 Å². The van der Waals surface area contributed by atoms with Gasteiger partial charge in [0.15, 0.2) is 5.16 Å². The Morgan fingerprint density at radius 3 is 2.61 bits per heavy atom. The highest BCUT2D eigenvalue weighted by molar-refractivity contribution is 7.99. The first-order valence-corrected chi connectivity index (χ1v) is 12.6. The van der Waals surface area contributed by atoms with Crippen LogP contribution in [-0.2, 0) is 21.3 Å². The molecule has 12 heteroatoms. The molecule has 0 spiro atoms. The van der Waals surface area contributed by atoms with Crippen LogP contribution in [0.3, 0.4) is 0 Å². The van der Waals surface area contributed by atoms with Gasteiger partial charge in [0.05, 0.1) is 38.8 Å². The summed E-state index contributed by atoms with van der Waals surface area (Å²) in [6, 6.07) is 10.7. The summed E-state index contributed by atoms with van der Waals surface area (Å²) in [5.41, 5.74) is -0.0922. The van der Waals surface area contributed by atoms with Crippen molar-refractivity contribution in [2.75, 3.05) is 26.3 Å². The van der Waals surface area contributed by atoms with E-state index in [1.807, 2.05) is 6.92 Å². The highest BCUT2D eigenvalue weighted by atomic mass is 32.2. The predicted molar refractivity (Wildman–Crippen MR) is 123 cm³/mol. The molecule has 1 aliphatic rings. The number of fused-ring (bicyclic) bond motifs is 1. The van der Waals surface area contributed by atoms with Crippen LogP contribution in [0.25, 0.3) is 10.9 Å². The minimum Gasteiger partial charge on any atom is -0.379 e. The fourth-order valence-electron chi connectivity index (χ4n) is 3.57. The number of morpholine rings is 1. The molecule has 0 bridgehead atoms.